The molecule has 1 fully saturated rings. The smallest absolute Gasteiger partial charge is 0.242 e. The van der Waals surface area contributed by atoms with Crippen LogP contribution in [0.1, 0.15) is 18.9 Å². The molecule has 1 atom stereocenters. The van der Waals surface area contributed by atoms with Crippen LogP contribution in [0.2, 0.25) is 0 Å². The number of hydrogen-bond donors (Lipinski definition) is 1. The summed E-state index contributed by atoms with van der Waals surface area (Å²) in [5.74, 6) is 2.24. The first-order chi connectivity index (χ1) is 18.5. The van der Waals surface area contributed by atoms with Gasteiger partial charge >= 0.3 is 0 Å². The van der Waals surface area contributed by atoms with Gasteiger partial charge in [-0.3, -0.25) is 14.5 Å². The number of methoxy groups -OCH3 is 1. The zero-order chi connectivity index (χ0) is 26.5. The Morgan fingerprint density at radius 3 is 2.68 bits per heavy atom. The van der Waals surface area contributed by atoms with E-state index in [-0.39, 0.29) is 31.6 Å². The number of amides is 2. The standard InChI is InChI=1S/C28H27N3O6S/c1-3-35-22-6-4-5-20(14-22)29-26(32)15-25-27(33)31(16-18-7-12-23-24(13-18)37-17-36-23)28(38-25)30-19-8-10-21(34-2)11-9-19/h4-14,25H,3,15-17H2,1-2H3,(H,29,32)/t25-/m1/s1. The lowest BCUT2D eigenvalue weighted by Crippen LogP contribution is -2.33. The van der Waals surface area contributed by atoms with Gasteiger partial charge in [0.05, 0.1) is 25.9 Å². The summed E-state index contributed by atoms with van der Waals surface area (Å²) < 4.78 is 21.6. The molecule has 2 aliphatic rings. The minimum Gasteiger partial charge on any atom is -0.497 e. The molecular weight excluding hydrogens is 506 g/mol. The molecule has 0 radical (unpaired) electrons. The fraction of sp³-hybridized carbons (Fsp3) is 0.250. The molecular formula is C28H27N3O6S. The van der Waals surface area contributed by atoms with Gasteiger partial charge in [-0.25, -0.2) is 4.99 Å². The maximum Gasteiger partial charge on any atom is 0.242 e. The highest BCUT2D eigenvalue weighted by molar-refractivity contribution is 8.15. The molecule has 3 aromatic carbocycles. The first-order valence-electron chi connectivity index (χ1n) is 12.1. The average Bonchev–Trinajstić information content (AvgIpc) is 3.49. The summed E-state index contributed by atoms with van der Waals surface area (Å²) in [6, 6.07) is 20.0. The fourth-order valence-electron chi connectivity index (χ4n) is 4.07. The third-order valence-electron chi connectivity index (χ3n) is 5.89. The summed E-state index contributed by atoms with van der Waals surface area (Å²) in [6.45, 7) is 2.88. The zero-order valence-corrected chi connectivity index (χ0v) is 21.8. The molecule has 0 bridgehead atoms. The molecule has 2 amide bonds. The Morgan fingerprint density at radius 1 is 1.08 bits per heavy atom. The van der Waals surface area contributed by atoms with E-state index in [4.69, 9.17) is 23.9 Å². The van der Waals surface area contributed by atoms with Crippen LogP contribution in [-0.2, 0) is 16.1 Å². The average molecular weight is 534 g/mol. The van der Waals surface area contributed by atoms with Crippen LogP contribution >= 0.6 is 11.8 Å². The Kier molecular flexibility index (Phi) is 7.69. The van der Waals surface area contributed by atoms with Gasteiger partial charge in [0.2, 0.25) is 18.6 Å². The molecule has 196 valence electrons. The molecule has 1 saturated heterocycles. The van der Waals surface area contributed by atoms with Gasteiger partial charge in [0.1, 0.15) is 16.7 Å². The summed E-state index contributed by atoms with van der Waals surface area (Å²) in [4.78, 5) is 32.8. The van der Waals surface area contributed by atoms with Crippen molar-refractivity contribution in [3.8, 4) is 23.0 Å². The van der Waals surface area contributed by atoms with Gasteiger partial charge in [-0.15, -0.1) is 0 Å². The number of benzene rings is 3. The van der Waals surface area contributed by atoms with Crippen LogP contribution in [0.25, 0.3) is 0 Å². The number of rotatable bonds is 9. The lowest BCUT2D eigenvalue weighted by Gasteiger charge is -2.17. The number of amidine groups is 1. The zero-order valence-electron chi connectivity index (χ0n) is 21.0. The lowest BCUT2D eigenvalue weighted by atomic mass is 10.1. The van der Waals surface area contributed by atoms with Gasteiger partial charge in [-0.1, -0.05) is 23.9 Å². The van der Waals surface area contributed by atoms with E-state index in [0.29, 0.717) is 46.1 Å². The van der Waals surface area contributed by atoms with E-state index in [1.54, 1.807) is 24.1 Å². The number of carbonyl (C=O) groups excluding carboxylic acids is 2. The van der Waals surface area contributed by atoms with Crippen molar-refractivity contribution in [2.75, 3.05) is 25.8 Å². The van der Waals surface area contributed by atoms with Crippen molar-refractivity contribution >= 4 is 40.1 Å². The molecule has 2 aliphatic heterocycles. The van der Waals surface area contributed by atoms with Crippen molar-refractivity contribution in [2.45, 2.75) is 25.1 Å². The number of nitrogens with one attached hydrogen (secondary N) is 1. The van der Waals surface area contributed by atoms with Gasteiger partial charge in [-0.2, -0.15) is 0 Å². The predicted molar refractivity (Wildman–Crippen MR) is 145 cm³/mol. The molecule has 0 aromatic heterocycles. The van der Waals surface area contributed by atoms with Crippen molar-refractivity contribution in [1.82, 2.24) is 4.90 Å². The van der Waals surface area contributed by atoms with Crippen molar-refractivity contribution in [1.29, 1.82) is 0 Å². The molecule has 2 heterocycles. The Morgan fingerprint density at radius 2 is 1.89 bits per heavy atom. The Balaban J connectivity index is 1.35. The summed E-state index contributed by atoms with van der Waals surface area (Å²) in [5, 5.41) is 2.78. The molecule has 38 heavy (non-hydrogen) atoms. The second kappa shape index (κ2) is 11.5. The van der Waals surface area contributed by atoms with E-state index in [9.17, 15) is 9.59 Å². The van der Waals surface area contributed by atoms with Gasteiger partial charge in [-0.05, 0) is 61.0 Å². The van der Waals surface area contributed by atoms with Gasteiger partial charge < -0.3 is 24.3 Å². The van der Waals surface area contributed by atoms with Crippen LogP contribution in [0.5, 0.6) is 23.0 Å². The SMILES string of the molecule is CCOc1cccc(NC(=O)C[C@H]2SC(=Nc3ccc(OC)cc3)N(Cc3ccc4c(c3)OCO4)C2=O)c1. The van der Waals surface area contributed by atoms with Crippen LogP contribution < -0.4 is 24.3 Å². The maximum atomic E-state index is 13.5. The van der Waals surface area contributed by atoms with Crippen LogP contribution in [0.4, 0.5) is 11.4 Å². The first-order valence-corrected chi connectivity index (χ1v) is 13.0. The Bertz CT molecular complexity index is 1360. The third-order valence-corrected chi connectivity index (χ3v) is 7.07. The van der Waals surface area contributed by atoms with E-state index in [0.717, 1.165) is 5.56 Å². The second-order valence-electron chi connectivity index (χ2n) is 8.52. The second-order valence-corrected chi connectivity index (χ2v) is 9.69. The molecule has 1 N–H and O–H groups in total. The number of nitrogens with zero attached hydrogens (tertiary/aromatic N) is 2. The van der Waals surface area contributed by atoms with E-state index in [1.807, 2.05) is 61.5 Å². The summed E-state index contributed by atoms with van der Waals surface area (Å²) in [7, 11) is 1.60. The lowest BCUT2D eigenvalue weighted by molar-refractivity contribution is -0.128. The van der Waals surface area contributed by atoms with Gasteiger partial charge in [0, 0.05) is 18.2 Å². The van der Waals surface area contributed by atoms with Crippen LogP contribution in [0.3, 0.4) is 0 Å². The number of fused-ring (bicyclic) bond motifs is 1. The molecule has 3 aromatic rings. The molecule has 5 rings (SSSR count). The van der Waals surface area contributed by atoms with Crippen LogP contribution in [-0.4, -0.2) is 47.6 Å². The van der Waals surface area contributed by atoms with Gasteiger partial charge in [0.25, 0.3) is 0 Å². The van der Waals surface area contributed by atoms with Crippen molar-refractivity contribution in [3.63, 3.8) is 0 Å². The number of ether oxygens (including phenoxy) is 4. The highest BCUT2D eigenvalue weighted by atomic mass is 32.2. The molecule has 10 heteroatoms. The molecule has 0 spiro atoms. The largest absolute Gasteiger partial charge is 0.497 e. The highest BCUT2D eigenvalue weighted by Crippen LogP contribution is 2.36. The number of aliphatic imine (C=N–C) groups is 1. The minimum atomic E-state index is -0.615. The Hall–Kier alpha value is -4.18. The van der Waals surface area contributed by atoms with Crippen LogP contribution in [0, 0.1) is 0 Å². The Labute approximate surface area is 224 Å². The normalized spacial score (nSPS) is 17.1. The molecule has 0 unspecified atom stereocenters. The topological polar surface area (TPSA) is 98.7 Å². The molecule has 9 nitrogen and oxygen atoms in total. The maximum absolute atomic E-state index is 13.5. The minimum absolute atomic E-state index is 0.00162. The van der Waals surface area contributed by atoms with Gasteiger partial charge in [0.15, 0.2) is 16.7 Å². The molecule has 0 saturated carbocycles. The number of carbonyl (C=O) groups is 2. The highest BCUT2D eigenvalue weighted by Gasteiger charge is 2.39. The van der Waals surface area contributed by atoms with E-state index in [1.165, 1.54) is 11.8 Å². The number of thioether (sulfide) groups is 1. The number of anilines is 1. The summed E-state index contributed by atoms with van der Waals surface area (Å²) >= 11 is 1.28. The fourth-order valence-corrected chi connectivity index (χ4v) is 5.23. The summed E-state index contributed by atoms with van der Waals surface area (Å²) in [5.41, 5.74) is 2.15. The van der Waals surface area contributed by atoms with Crippen LogP contribution in [0.15, 0.2) is 71.7 Å². The third kappa shape index (κ3) is 5.86. The first kappa shape index (κ1) is 25.5. The van der Waals surface area contributed by atoms with E-state index < -0.39 is 5.25 Å². The van der Waals surface area contributed by atoms with Crippen molar-refractivity contribution in [3.05, 3.63) is 72.3 Å². The predicted octanol–water partition coefficient (Wildman–Crippen LogP) is 4.98. The van der Waals surface area contributed by atoms with E-state index >= 15 is 0 Å². The number of hydrogen-bond acceptors (Lipinski definition) is 8. The van der Waals surface area contributed by atoms with Crippen molar-refractivity contribution in [2.24, 2.45) is 4.99 Å². The van der Waals surface area contributed by atoms with E-state index in [2.05, 4.69) is 5.32 Å². The monoisotopic (exact) mass is 533 g/mol. The quantitative estimate of drug-likeness (QED) is 0.414. The molecule has 0 aliphatic carbocycles. The summed E-state index contributed by atoms with van der Waals surface area (Å²) in [6.07, 6.45) is 0.00162. The van der Waals surface area contributed by atoms with Crippen molar-refractivity contribution < 1.29 is 28.5 Å².